The predicted octanol–water partition coefficient (Wildman–Crippen LogP) is 6.07. The summed E-state index contributed by atoms with van der Waals surface area (Å²) in [6.45, 7) is 6.72. The van der Waals surface area contributed by atoms with Crippen molar-refractivity contribution >= 4 is 11.3 Å². The van der Waals surface area contributed by atoms with Gasteiger partial charge in [-0.1, -0.05) is 65.4 Å². The third-order valence-electron chi connectivity index (χ3n) is 2.56. The number of hydrogen-bond donors (Lipinski definition) is 0. The molecule has 0 amide bonds. The minimum atomic E-state index is 1.27. The quantitative estimate of drug-likeness (QED) is 0.508. The standard InChI is InChI=1S/C8H12S.C7H16/c1-2-3-5-8-6-4-7-9-8;1-3-5-7-6-4-2/h4,6-7H,2-3,5H2,1H3;3-7H2,1-2H3. The van der Waals surface area contributed by atoms with E-state index in [2.05, 4.69) is 38.3 Å². The molecule has 0 radical (unpaired) electrons. The molecule has 0 aliphatic heterocycles. The average molecular weight is 240 g/mol. The molecular formula is C15H28S. The van der Waals surface area contributed by atoms with Crippen LogP contribution >= 0.6 is 11.3 Å². The van der Waals surface area contributed by atoms with E-state index in [0.29, 0.717) is 0 Å². The Labute approximate surface area is 106 Å². The molecule has 0 bridgehead atoms. The van der Waals surface area contributed by atoms with Crippen molar-refractivity contribution in [2.75, 3.05) is 0 Å². The van der Waals surface area contributed by atoms with Crippen LogP contribution in [0.2, 0.25) is 0 Å². The molecule has 0 atom stereocenters. The second kappa shape index (κ2) is 12.8. The largest absolute Gasteiger partial charge is 0.149 e. The Morgan fingerprint density at radius 2 is 1.50 bits per heavy atom. The van der Waals surface area contributed by atoms with E-state index >= 15 is 0 Å². The van der Waals surface area contributed by atoms with Gasteiger partial charge in [0.15, 0.2) is 0 Å². The first-order valence-electron chi connectivity index (χ1n) is 6.87. The van der Waals surface area contributed by atoms with Crippen LogP contribution in [0.3, 0.4) is 0 Å². The predicted molar refractivity (Wildman–Crippen MR) is 77.4 cm³/mol. The van der Waals surface area contributed by atoms with E-state index in [-0.39, 0.29) is 0 Å². The lowest BCUT2D eigenvalue weighted by Crippen LogP contribution is -1.75. The van der Waals surface area contributed by atoms with Gasteiger partial charge in [0.05, 0.1) is 0 Å². The van der Waals surface area contributed by atoms with Gasteiger partial charge in [-0.25, -0.2) is 0 Å². The Morgan fingerprint density at radius 1 is 0.875 bits per heavy atom. The number of hydrogen-bond acceptors (Lipinski definition) is 1. The van der Waals surface area contributed by atoms with Crippen LogP contribution in [0, 0.1) is 0 Å². The van der Waals surface area contributed by atoms with E-state index in [1.54, 1.807) is 0 Å². The van der Waals surface area contributed by atoms with Gasteiger partial charge in [-0.05, 0) is 24.3 Å². The highest BCUT2D eigenvalue weighted by atomic mass is 32.1. The first-order valence-corrected chi connectivity index (χ1v) is 7.75. The van der Waals surface area contributed by atoms with Gasteiger partial charge in [-0.15, -0.1) is 11.3 Å². The van der Waals surface area contributed by atoms with Crippen LogP contribution in [-0.4, -0.2) is 0 Å². The molecule has 1 heterocycles. The van der Waals surface area contributed by atoms with E-state index in [4.69, 9.17) is 0 Å². The second-order valence-corrected chi connectivity index (χ2v) is 5.28. The number of aryl methyl sites for hydroxylation is 1. The number of rotatable bonds is 7. The highest BCUT2D eigenvalue weighted by Gasteiger charge is 1.89. The summed E-state index contributed by atoms with van der Waals surface area (Å²) in [7, 11) is 0. The lowest BCUT2D eigenvalue weighted by atomic mass is 10.2. The zero-order valence-corrected chi connectivity index (χ0v) is 12.1. The van der Waals surface area contributed by atoms with Crippen LogP contribution in [0.4, 0.5) is 0 Å². The monoisotopic (exact) mass is 240 g/mol. The summed E-state index contributed by atoms with van der Waals surface area (Å²) in [5.41, 5.74) is 0. The van der Waals surface area contributed by atoms with Gasteiger partial charge < -0.3 is 0 Å². The molecule has 16 heavy (non-hydrogen) atoms. The van der Waals surface area contributed by atoms with Gasteiger partial charge in [0.25, 0.3) is 0 Å². The smallest absolute Gasteiger partial charge is 0.00452 e. The Balaban J connectivity index is 0.000000293. The Bertz CT molecular complexity index is 197. The highest BCUT2D eigenvalue weighted by Crippen LogP contribution is 2.11. The fraction of sp³-hybridized carbons (Fsp3) is 0.733. The Morgan fingerprint density at radius 3 is 1.94 bits per heavy atom. The maximum atomic E-state index is 2.25. The molecule has 1 aromatic heterocycles. The summed E-state index contributed by atoms with van der Waals surface area (Å²) < 4.78 is 0. The second-order valence-electron chi connectivity index (χ2n) is 4.24. The van der Waals surface area contributed by atoms with Gasteiger partial charge in [0, 0.05) is 4.88 Å². The molecule has 0 saturated heterocycles. The third kappa shape index (κ3) is 10.2. The maximum Gasteiger partial charge on any atom is 0.00452 e. The van der Waals surface area contributed by atoms with Crippen molar-refractivity contribution in [3.63, 3.8) is 0 Å². The Kier molecular flexibility index (Phi) is 12.5. The molecule has 1 rings (SSSR count). The number of thiophene rings is 1. The lowest BCUT2D eigenvalue weighted by Gasteiger charge is -1.90. The molecule has 0 aliphatic rings. The van der Waals surface area contributed by atoms with Crippen LogP contribution < -0.4 is 0 Å². The fourth-order valence-corrected chi connectivity index (χ4v) is 2.23. The number of unbranched alkanes of at least 4 members (excludes halogenated alkanes) is 5. The zero-order valence-electron chi connectivity index (χ0n) is 11.3. The van der Waals surface area contributed by atoms with Gasteiger partial charge in [-0.3, -0.25) is 0 Å². The van der Waals surface area contributed by atoms with Crippen molar-refractivity contribution in [2.24, 2.45) is 0 Å². The van der Waals surface area contributed by atoms with Gasteiger partial charge in [-0.2, -0.15) is 0 Å². The summed E-state index contributed by atoms with van der Waals surface area (Å²) >= 11 is 1.86. The van der Waals surface area contributed by atoms with E-state index in [1.807, 2.05) is 11.3 Å². The average Bonchev–Trinajstić information content (AvgIpc) is 2.81. The molecule has 1 aromatic rings. The minimum Gasteiger partial charge on any atom is -0.149 e. The third-order valence-corrected chi connectivity index (χ3v) is 3.50. The molecule has 0 spiro atoms. The first kappa shape index (κ1) is 15.7. The summed E-state index contributed by atoms with van der Waals surface area (Å²) in [5.74, 6) is 0. The fourth-order valence-electron chi connectivity index (χ4n) is 1.48. The van der Waals surface area contributed by atoms with Crippen LogP contribution in [0.1, 0.15) is 70.6 Å². The van der Waals surface area contributed by atoms with Gasteiger partial charge in [0.1, 0.15) is 0 Å². The molecule has 0 fully saturated rings. The summed E-state index contributed by atoms with van der Waals surface area (Å²) in [6.07, 6.45) is 10.9. The molecule has 1 heteroatoms. The summed E-state index contributed by atoms with van der Waals surface area (Å²) in [4.78, 5) is 1.52. The molecule has 0 nitrogen and oxygen atoms in total. The van der Waals surface area contributed by atoms with Crippen molar-refractivity contribution < 1.29 is 0 Å². The molecule has 0 saturated carbocycles. The molecule has 0 unspecified atom stereocenters. The molecule has 94 valence electrons. The molecule has 0 aliphatic carbocycles. The van der Waals surface area contributed by atoms with E-state index in [0.717, 1.165) is 0 Å². The van der Waals surface area contributed by atoms with Crippen molar-refractivity contribution in [3.8, 4) is 0 Å². The zero-order chi connectivity index (χ0) is 12.1. The SMILES string of the molecule is CCCCCCC.CCCCc1cccs1. The van der Waals surface area contributed by atoms with Crippen LogP contribution in [0.25, 0.3) is 0 Å². The highest BCUT2D eigenvalue weighted by molar-refractivity contribution is 7.09. The minimum absolute atomic E-state index is 1.27. The van der Waals surface area contributed by atoms with E-state index < -0.39 is 0 Å². The van der Waals surface area contributed by atoms with Gasteiger partial charge in [0.2, 0.25) is 0 Å². The summed E-state index contributed by atoms with van der Waals surface area (Å²) in [5, 5.41) is 2.14. The molecule has 0 N–H and O–H groups in total. The van der Waals surface area contributed by atoms with Crippen molar-refractivity contribution in [1.82, 2.24) is 0 Å². The maximum absolute atomic E-state index is 2.25. The van der Waals surface area contributed by atoms with Crippen molar-refractivity contribution in [3.05, 3.63) is 22.4 Å². The van der Waals surface area contributed by atoms with E-state index in [9.17, 15) is 0 Å². The lowest BCUT2D eigenvalue weighted by molar-refractivity contribution is 0.656. The van der Waals surface area contributed by atoms with Crippen LogP contribution in [0.15, 0.2) is 17.5 Å². The van der Waals surface area contributed by atoms with Crippen molar-refractivity contribution in [1.29, 1.82) is 0 Å². The van der Waals surface area contributed by atoms with Crippen LogP contribution in [-0.2, 0) is 6.42 Å². The Hall–Kier alpha value is -0.300. The first-order chi connectivity index (χ1) is 7.85. The van der Waals surface area contributed by atoms with Gasteiger partial charge >= 0.3 is 0 Å². The normalized spacial score (nSPS) is 9.69. The van der Waals surface area contributed by atoms with Crippen molar-refractivity contribution in [2.45, 2.75) is 72.1 Å². The molecular weight excluding hydrogens is 212 g/mol. The summed E-state index contributed by atoms with van der Waals surface area (Å²) in [6, 6.07) is 4.33. The topological polar surface area (TPSA) is 0 Å². The van der Waals surface area contributed by atoms with Crippen LogP contribution in [0.5, 0.6) is 0 Å². The van der Waals surface area contributed by atoms with E-state index in [1.165, 1.54) is 56.2 Å². The molecule has 0 aromatic carbocycles.